The van der Waals surface area contributed by atoms with Gasteiger partial charge in [-0.3, -0.25) is 4.79 Å². The highest BCUT2D eigenvalue weighted by Gasteiger charge is 2.40. The molecule has 2 heterocycles. The first-order chi connectivity index (χ1) is 7.83. The quantitative estimate of drug-likeness (QED) is 0.799. The van der Waals surface area contributed by atoms with Gasteiger partial charge in [0.25, 0.3) is 0 Å². The van der Waals surface area contributed by atoms with Crippen molar-refractivity contribution in [3.05, 3.63) is 0 Å². The molecule has 0 spiro atoms. The molecule has 1 N–H and O–H groups in total. The summed E-state index contributed by atoms with van der Waals surface area (Å²) < 4.78 is 5.58. The molecule has 0 radical (unpaired) electrons. The number of nitrogens with zero attached hydrogens (tertiary/aromatic N) is 1. The Balaban J connectivity index is 0.00000108. The van der Waals surface area contributed by atoms with Gasteiger partial charge in [0.2, 0.25) is 5.91 Å². The van der Waals surface area contributed by atoms with Crippen LogP contribution >= 0.6 is 12.4 Å². The Kier molecular flexibility index (Phi) is 4.28. The van der Waals surface area contributed by atoms with E-state index in [1.54, 1.807) is 0 Å². The van der Waals surface area contributed by atoms with Crippen molar-refractivity contribution in [1.82, 2.24) is 10.2 Å². The lowest BCUT2D eigenvalue weighted by atomic mass is 10.1. The van der Waals surface area contributed by atoms with Crippen LogP contribution in [0.5, 0.6) is 0 Å². The number of ether oxygens (including phenoxy) is 1. The summed E-state index contributed by atoms with van der Waals surface area (Å²) >= 11 is 0. The molecule has 3 rings (SSSR count). The number of hydrogen-bond acceptors (Lipinski definition) is 3. The van der Waals surface area contributed by atoms with E-state index in [0.29, 0.717) is 18.4 Å². The Morgan fingerprint density at radius 1 is 1.41 bits per heavy atom. The first-order valence-corrected chi connectivity index (χ1v) is 6.44. The highest BCUT2D eigenvalue weighted by molar-refractivity contribution is 5.85. The Morgan fingerprint density at radius 3 is 2.88 bits per heavy atom. The summed E-state index contributed by atoms with van der Waals surface area (Å²) in [5.74, 6) is 1.10. The monoisotopic (exact) mass is 260 g/mol. The second kappa shape index (κ2) is 5.55. The predicted molar refractivity (Wildman–Crippen MR) is 67.3 cm³/mol. The van der Waals surface area contributed by atoms with E-state index in [0.717, 1.165) is 32.2 Å². The van der Waals surface area contributed by atoms with E-state index in [1.165, 1.54) is 19.3 Å². The van der Waals surface area contributed by atoms with Gasteiger partial charge in [-0.1, -0.05) is 0 Å². The molecule has 3 fully saturated rings. The first kappa shape index (κ1) is 13.1. The SMILES string of the molecule is Cl.O=C(CC1CNCCO1)N1CC2CCC1C2. The molecular formula is C12H21ClN2O2. The molecule has 3 unspecified atom stereocenters. The summed E-state index contributed by atoms with van der Waals surface area (Å²) in [6.45, 7) is 3.49. The lowest BCUT2D eigenvalue weighted by Gasteiger charge is -2.30. The first-order valence-electron chi connectivity index (χ1n) is 6.44. The van der Waals surface area contributed by atoms with E-state index in [-0.39, 0.29) is 18.5 Å². The van der Waals surface area contributed by atoms with Crippen LogP contribution < -0.4 is 5.32 Å². The molecule has 0 aromatic carbocycles. The maximum Gasteiger partial charge on any atom is 0.225 e. The van der Waals surface area contributed by atoms with E-state index < -0.39 is 0 Å². The molecule has 3 aliphatic rings. The molecule has 0 aromatic rings. The minimum Gasteiger partial charge on any atom is -0.375 e. The molecule has 0 aromatic heterocycles. The minimum atomic E-state index is 0. The van der Waals surface area contributed by atoms with E-state index in [2.05, 4.69) is 10.2 Å². The lowest BCUT2D eigenvalue weighted by Crippen LogP contribution is -2.44. The van der Waals surface area contributed by atoms with Gasteiger partial charge in [0.15, 0.2) is 0 Å². The highest BCUT2D eigenvalue weighted by Crippen LogP contribution is 2.37. The Hall–Kier alpha value is -0.320. The number of nitrogens with one attached hydrogen (secondary N) is 1. The third-order valence-electron chi connectivity index (χ3n) is 4.14. The van der Waals surface area contributed by atoms with Crippen LogP contribution in [0.25, 0.3) is 0 Å². The summed E-state index contributed by atoms with van der Waals surface area (Å²) in [7, 11) is 0. The van der Waals surface area contributed by atoms with Crippen molar-refractivity contribution in [2.75, 3.05) is 26.2 Å². The molecule has 4 nitrogen and oxygen atoms in total. The molecule has 1 aliphatic carbocycles. The molecule has 2 saturated heterocycles. The third kappa shape index (κ3) is 2.75. The second-order valence-corrected chi connectivity index (χ2v) is 5.28. The van der Waals surface area contributed by atoms with E-state index >= 15 is 0 Å². The average Bonchev–Trinajstić information content (AvgIpc) is 2.92. The van der Waals surface area contributed by atoms with Crippen molar-refractivity contribution in [3.63, 3.8) is 0 Å². The van der Waals surface area contributed by atoms with Crippen molar-refractivity contribution in [2.24, 2.45) is 5.92 Å². The maximum absolute atomic E-state index is 12.1. The van der Waals surface area contributed by atoms with Crippen LogP contribution in [0.1, 0.15) is 25.7 Å². The van der Waals surface area contributed by atoms with Crippen molar-refractivity contribution >= 4 is 18.3 Å². The summed E-state index contributed by atoms with van der Waals surface area (Å²) in [5, 5.41) is 3.27. The van der Waals surface area contributed by atoms with Gasteiger partial charge < -0.3 is 15.0 Å². The van der Waals surface area contributed by atoms with Gasteiger partial charge in [-0.25, -0.2) is 0 Å². The number of likely N-dealkylation sites (tertiary alicyclic amines) is 1. The number of halogens is 1. The van der Waals surface area contributed by atoms with Gasteiger partial charge in [-0.15, -0.1) is 12.4 Å². The topological polar surface area (TPSA) is 41.6 Å². The molecule has 17 heavy (non-hydrogen) atoms. The van der Waals surface area contributed by atoms with Crippen LogP contribution in [0.4, 0.5) is 0 Å². The zero-order valence-corrected chi connectivity index (χ0v) is 10.9. The molecule has 1 amide bonds. The van der Waals surface area contributed by atoms with Gasteiger partial charge in [-0.2, -0.15) is 0 Å². The zero-order chi connectivity index (χ0) is 11.0. The number of hydrogen-bond donors (Lipinski definition) is 1. The Labute approximate surface area is 108 Å². The number of carbonyl (C=O) groups is 1. The summed E-state index contributed by atoms with van der Waals surface area (Å²) in [5.41, 5.74) is 0. The third-order valence-corrected chi connectivity index (χ3v) is 4.14. The van der Waals surface area contributed by atoms with Crippen LogP contribution in [-0.4, -0.2) is 49.2 Å². The molecule has 5 heteroatoms. The normalized spacial score (nSPS) is 35.8. The molecule has 98 valence electrons. The van der Waals surface area contributed by atoms with Crippen LogP contribution in [0, 0.1) is 5.92 Å². The predicted octanol–water partition coefficient (Wildman–Crippen LogP) is 0.798. The fraction of sp³-hybridized carbons (Fsp3) is 0.917. The summed E-state index contributed by atoms with van der Waals surface area (Å²) in [4.78, 5) is 14.2. The fourth-order valence-corrected chi connectivity index (χ4v) is 3.29. The number of rotatable bonds is 2. The van der Waals surface area contributed by atoms with Gasteiger partial charge in [0.05, 0.1) is 19.1 Å². The van der Waals surface area contributed by atoms with Gasteiger partial charge in [0, 0.05) is 25.7 Å². The standard InChI is InChI=1S/C12H20N2O2.ClH/c15-12(6-11-7-13-3-4-16-11)14-8-9-1-2-10(14)5-9;/h9-11,13H,1-8H2;1H. The maximum atomic E-state index is 12.1. The highest BCUT2D eigenvalue weighted by atomic mass is 35.5. The van der Waals surface area contributed by atoms with Gasteiger partial charge in [0.1, 0.15) is 0 Å². The molecule has 2 aliphatic heterocycles. The van der Waals surface area contributed by atoms with E-state index in [4.69, 9.17) is 4.74 Å². The lowest BCUT2D eigenvalue weighted by molar-refractivity contribution is -0.136. The number of morpholine rings is 1. The summed E-state index contributed by atoms with van der Waals surface area (Å²) in [6.07, 6.45) is 4.46. The van der Waals surface area contributed by atoms with Crippen LogP contribution in [0.15, 0.2) is 0 Å². The number of piperidine rings is 1. The van der Waals surface area contributed by atoms with Crippen LogP contribution in [0.3, 0.4) is 0 Å². The largest absolute Gasteiger partial charge is 0.375 e. The second-order valence-electron chi connectivity index (χ2n) is 5.28. The zero-order valence-electron chi connectivity index (χ0n) is 10.1. The molecular weight excluding hydrogens is 240 g/mol. The van der Waals surface area contributed by atoms with Crippen LogP contribution in [0.2, 0.25) is 0 Å². The van der Waals surface area contributed by atoms with Gasteiger partial charge in [-0.05, 0) is 25.2 Å². The van der Waals surface area contributed by atoms with Crippen molar-refractivity contribution < 1.29 is 9.53 Å². The van der Waals surface area contributed by atoms with Gasteiger partial charge >= 0.3 is 0 Å². The number of carbonyl (C=O) groups excluding carboxylic acids is 1. The summed E-state index contributed by atoms with van der Waals surface area (Å²) in [6, 6.07) is 0.550. The Morgan fingerprint density at radius 2 is 2.29 bits per heavy atom. The Bertz CT molecular complexity index is 282. The fourth-order valence-electron chi connectivity index (χ4n) is 3.29. The van der Waals surface area contributed by atoms with Crippen molar-refractivity contribution in [1.29, 1.82) is 0 Å². The smallest absolute Gasteiger partial charge is 0.225 e. The molecule has 3 atom stereocenters. The molecule has 2 bridgehead atoms. The van der Waals surface area contributed by atoms with Crippen LogP contribution in [-0.2, 0) is 9.53 Å². The number of fused-ring (bicyclic) bond motifs is 2. The molecule has 1 saturated carbocycles. The number of amides is 1. The van der Waals surface area contributed by atoms with E-state index in [1.807, 2.05) is 0 Å². The van der Waals surface area contributed by atoms with E-state index in [9.17, 15) is 4.79 Å². The average molecular weight is 261 g/mol. The van der Waals surface area contributed by atoms with Crippen molar-refractivity contribution in [2.45, 2.75) is 37.8 Å². The minimum absolute atomic E-state index is 0. The van der Waals surface area contributed by atoms with Crippen molar-refractivity contribution in [3.8, 4) is 0 Å².